The maximum absolute atomic E-state index is 13.5. The van der Waals surface area contributed by atoms with E-state index in [0.717, 1.165) is 6.26 Å². The van der Waals surface area contributed by atoms with E-state index in [0.29, 0.717) is 46.0 Å². The second kappa shape index (κ2) is 12.7. The van der Waals surface area contributed by atoms with E-state index in [2.05, 4.69) is 5.32 Å². The van der Waals surface area contributed by atoms with Crippen molar-refractivity contribution in [2.45, 2.75) is 58.7 Å². The number of hydrogen-bond acceptors (Lipinski definition) is 6. The Balaban J connectivity index is 1.77. The van der Waals surface area contributed by atoms with E-state index in [-0.39, 0.29) is 37.7 Å². The van der Waals surface area contributed by atoms with E-state index in [1.807, 2.05) is 20.8 Å². The van der Waals surface area contributed by atoms with Gasteiger partial charge in [-0.25, -0.2) is 8.42 Å². The third-order valence-corrected chi connectivity index (χ3v) is 7.77. The molecule has 0 saturated carbocycles. The van der Waals surface area contributed by atoms with E-state index in [1.54, 1.807) is 43.3 Å². The first kappa shape index (κ1) is 30.8. The molecule has 39 heavy (non-hydrogen) atoms. The Kier molecular flexibility index (Phi) is 10.0. The van der Waals surface area contributed by atoms with Crippen LogP contribution in [0.15, 0.2) is 36.4 Å². The summed E-state index contributed by atoms with van der Waals surface area (Å²) in [6, 6.07) is 9.09. The van der Waals surface area contributed by atoms with Crippen molar-refractivity contribution in [2.75, 3.05) is 30.3 Å². The predicted molar refractivity (Wildman–Crippen MR) is 153 cm³/mol. The highest BCUT2D eigenvalue weighted by Gasteiger charge is 2.29. The van der Waals surface area contributed by atoms with Crippen LogP contribution in [0.3, 0.4) is 0 Å². The van der Waals surface area contributed by atoms with Gasteiger partial charge in [0, 0.05) is 41.2 Å². The number of carbonyl (C=O) groups is 2. The molecule has 2 aromatic carbocycles. The molecule has 0 aromatic heterocycles. The van der Waals surface area contributed by atoms with Crippen LogP contribution in [-0.2, 0) is 26.2 Å². The van der Waals surface area contributed by atoms with E-state index >= 15 is 0 Å². The molecule has 214 valence electrons. The number of hydrogen-bond donors (Lipinski definition) is 1. The molecule has 1 heterocycles. The molecule has 0 radical (unpaired) electrons. The molecule has 2 aromatic rings. The molecule has 0 saturated heterocycles. The van der Waals surface area contributed by atoms with Crippen LogP contribution in [0.25, 0.3) is 0 Å². The van der Waals surface area contributed by atoms with Crippen molar-refractivity contribution in [3.8, 4) is 11.5 Å². The molecule has 2 amide bonds. The number of anilines is 1. The Morgan fingerprint density at radius 1 is 1.05 bits per heavy atom. The number of ether oxygens (including phenoxy) is 2. The highest BCUT2D eigenvalue weighted by atomic mass is 35.5. The summed E-state index contributed by atoms with van der Waals surface area (Å²) < 4.78 is 37.6. The second-order valence-corrected chi connectivity index (χ2v) is 13.2. The molecule has 1 atom stereocenters. The fourth-order valence-electron chi connectivity index (χ4n) is 4.08. The van der Waals surface area contributed by atoms with Crippen LogP contribution >= 0.6 is 23.2 Å². The highest BCUT2D eigenvalue weighted by molar-refractivity contribution is 7.92. The molecule has 9 nitrogen and oxygen atoms in total. The van der Waals surface area contributed by atoms with Crippen molar-refractivity contribution in [1.29, 1.82) is 0 Å². The van der Waals surface area contributed by atoms with Gasteiger partial charge in [-0.1, -0.05) is 29.3 Å². The van der Waals surface area contributed by atoms with Gasteiger partial charge in [0.25, 0.3) is 0 Å². The smallest absolute Gasteiger partial charge is 0.242 e. The van der Waals surface area contributed by atoms with Crippen molar-refractivity contribution in [2.24, 2.45) is 0 Å². The average molecular weight is 601 g/mol. The maximum atomic E-state index is 13.5. The van der Waals surface area contributed by atoms with E-state index in [4.69, 9.17) is 32.7 Å². The van der Waals surface area contributed by atoms with Gasteiger partial charge in [0.05, 0.1) is 11.9 Å². The van der Waals surface area contributed by atoms with Gasteiger partial charge in [-0.15, -0.1) is 0 Å². The third-order valence-electron chi connectivity index (χ3n) is 5.99. The first-order chi connectivity index (χ1) is 18.2. The first-order valence-electron chi connectivity index (χ1n) is 12.6. The highest BCUT2D eigenvalue weighted by Crippen LogP contribution is 2.35. The molecule has 3 rings (SSSR count). The lowest BCUT2D eigenvalue weighted by molar-refractivity contribution is -0.141. The Labute approximate surface area is 240 Å². The van der Waals surface area contributed by atoms with Crippen molar-refractivity contribution in [1.82, 2.24) is 10.2 Å². The maximum Gasteiger partial charge on any atom is 0.242 e. The number of amides is 2. The van der Waals surface area contributed by atoms with Crippen molar-refractivity contribution in [3.05, 3.63) is 52.0 Å². The second-order valence-electron chi connectivity index (χ2n) is 10.4. The molecule has 0 fully saturated rings. The molecule has 12 heteroatoms. The van der Waals surface area contributed by atoms with Gasteiger partial charge in [-0.3, -0.25) is 13.9 Å². The lowest BCUT2D eigenvalue weighted by atomic mass is 10.1. The molecule has 1 aliphatic heterocycles. The number of benzene rings is 2. The molecule has 0 unspecified atom stereocenters. The van der Waals surface area contributed by atoms with Gasteiger partial charge in [0.15, 0.2) is 11.5 Å². The number of fused-ring (bicyclic) bond motifs is 1. The van der Waals surface area contributed by atoms with E-state index in [9.17, 15) is 18.0 Å². The molecule has 0 aliphatic carbocycles. The van der Waals surface area contributed by atoms with Gasteiger partial charge < -0.3 is 19.7 Å². The van der Waals surface area contributed by atoms with Gasteiger partial charge in [-0.2, -0.15) is 0 Å². The summed E-state index contributed by atoms with van der Waals surface area (Å²) in [6.07, 6.45) is 1.34. The van der Waals surface area contributed by atoms with Crippen molar-refractivity contribution in [3.63, 3.8) is 0 Å². The van der Waals surface area contributed by atoms with Gasteiger partial charge in [-0.05, 0) is 63.9 Å². The quantitative estimate of drug-likeness (QED) is 0.426. The van der Waals surface area contributed by atoms with Crippen LogP contribution in [0.2, 0.25) is 10.0 Å². The predicted octanol–water partition coefficient (Wildman–Crippen LogP) is 4.64. The standard InChI is InChI=1S/C27H35Cl2N3O6S/c1-18(26(34)30-27(2,3)4)31(17-19-8-9-20(28)15-22(19)29)25(33)7-6-12-32(39(5,35)36)21-10-11-23-24(16-21)38-14-13-37-23/h8-11,15-16,18H,6-7,12-14,17H2,1-5H3,(H,30,34)/t18-/m1/s1. The van der Waals surface area contributed by atoms with E-state index in [1.165, 1.54) is 9.21 Å². The Morgan fingerprint density at radius 3 is 2.33 bits per heavy atom. The van der Waals surface area contributed by atoms with E-state index < -0.39 is 21.6 Å². The summed E-state index contributed by atoms with van der Waals surface area (Å²) in [6.45, 7) is 8.17. The molecule has 0 bridgehead atoms. The summed E-state index contributed by atoms with van der Waals surface area (Å²) in [5.74, 6) is 0.393. The Hall–Kier alpha value is -2.69. The lowest BCUT2D eigenvalue weighted by Gasteiger charge is -2.32. The zero-order valence-electron chi connectivity index (χ0n) is 22.8. The molecule has 0 spiro atoms. The topological polar surface area (TPSA) is 105 Å². The number of halogens is 2. The van der Waals surface area contributed by atoms with Crippen molar-refractivity contribution < 1.29 is 27.5 Å². The van der Waals surface area contributed by atoms with Crippen LogP contribution in [0.5, 0.6) is 11.5 Å². The number of sulfonamides is 1. The summed E-state index contributed by atoms with van der Waals surface area (Å²) in [5.41, 5.74) is 0.563. The Morgan fingerprint density at radius 2 is 1.72 bits per heavy atom. The monoisotopic (exact) mass is 599 g/mol. The normalized spacial score (nSPS) is 13.9. The summed E-state index contributed by atoms with van der Waals surface area (Å²) in [5, 5.41) is 3.75. The fourth-order valence-corrected chi connectivity index (χ4v) is 5.51. The largest absolute Gasteiger partial charge is 0.486 e. The number of nitrogens with zero attached hydrogens (tertiary/aromatic N) is 2. The summed E-state index contributed by atoms with van der Waals surface area (Å²) in [7, 11) is -3.65. The van der Waals surface area contributed by atoms with Crippen LogP contribution in [0, 0.1) is 0 Å². The SMILES string of the molecule is C[C@H](C(=O)NC(C)(C)C)N(Cc1ccc(Cl)cc1Cl)C(=O)CCCN(c1ccc2c(c1)OCCO2)S(C)(=O)=O. The van der Waals surface area contributed by atoms with Crippen LogP contribution in [0.4, 0.5) is 5.69 Å². The summed E-state index contributed by atoms with van der Waals surface area (Å²) in [4.78, 5) is 27.9. The van der Waals surface area contributed by atoms with Gasteiger partial charge in [0.2, 0.25) is 21.8 Å². The zero-order chi connectivity index (χ0) is 29.0. The van der Waals surface area contributed by atoms with Crippen molar-refractivity contribution >= 4 is 50.7 Å². The average Bonchev–Trinajstić information content (AvgIpc) is 2.83. The lowest BCUT2D eigenvalue weighted by Crippen LogP contribution is -2.52. The first-order valence-corrected chi connectivity index (χ1v) is 15.2. The fraction of sp³-hybridized carbons (Fsp3) is 0.481. The van der Waals surface area contributed by atoms with Crippen LogP contribution in [-0.4, -0.2) is 62.7 Å². The zero-order valence-corrected chi connectivity index (χ0v) is 25.1. The van der Waals surface area contributed by atoms with Gasteiger partial charge in [0.1, 0.15) is 19.3 Å². The molecular formula is C27H35Cl2N3O6S. The number of nitrogens with one attached hydrogen (secondary N) is 1. The molecule has 1 aliphatic rings. The number of rotatable bonds is 10. The summed E-state index contributed by atoms with van der Waals surface area (Å²) >= 11 is 12.4. The van der Waals surface area contributed by atoms with Gasteiger partial charge >= 0.3 is 0 Å². The van der Waals surface area contributed by atoms with Crippen LogP contribution < -0.4 is 19.1 Å². The minimum absolute atomic E-state index is 0.00885. The Bertz CT molecular complexity index is 1310. The third kappa shape index (κ3) is 8.65. The molecule has 1 N–H and O–H groups in total. The minimum Gasteiger partial charge on any atom is -0.486 e. The minimum atomic E-state index is -3.65. The van der Waals surface area contributed by atoms with Crippen LogP contribution in [0.1, 0.15) is 46.1 Å². The molecular weight excluding hydrogens is 565 g/mol. The number of carbonyl (C=O) groups excluding carboxylic acids is 2.